The van der Waals surface area contributed by atoms with Crippen molar-refractivity contribution in [2.24, 2.45) is 0 Å². The van der Waals surface area contributed by atoms with Crippen LogP contribution in [0.3, 0.4) is 0 Å². The average Bonchev–Trinajstić information content (AvgIpc) is 3.58. The zero-order valence-electron chi connectivity index (χ0n) is 18.6. The van der Waals surface area contributed by atoms with Crippen LogP contribution in [0, 0.1) is 0 Å². The van der Waals surface area contributed by atoms with Gasteiger partial charge in [-0.05, 0) is 36.4 Å². The number of fused-ring (bicyclic) bond motifs is 1. The normalized spacial score (nSPS) is 14.7. The maximum absolute atomic E-state index is 12.9. The van der Waals surface area contributed by atoms with Crippen LogP contribution in [0.25, 0.3) is 10.2 Å². The first-order valence-electron chi connectivity index (χ1n) is 11.3. The number of hydrogen-bond acceptors (Lipinski definition) is 7. The Morgan fingerprint density at radius 3 is 2.79 bits per heavy atom. The molecule has 9 heteroatoms. The zero-order chi connectivity index (χ0) is 22.6. The molecule has 1 fully saturated rings. The van der Waals surface area contributed by atoms with E-state index < -0.39 is 0 Å². The largest absolute Gasteiger partial charge is 0.338 e. The lowest BCUT2D eigenvalue weighted by molar-refractivity contribution is -0.127. The molecular weight excluding hydrogens is 470 g/mol. The molecule has 0 N–H and O–H groups in total. The third-order valence-corrected chi connectivity index (χ3v) is 8.87. The third-order valence-electron chi connectivity index (χ3n) is 6.05. The first-order valence-corrected chi connectivity index (χ1v) is 14.0. The van der Waals surface area contributed by atoms with Crippen molar-refractivity contribution in [2.75, 3.05) is 12.8 Å². The van der Waals surface area contributed by atoms with Crippen molar-refractivity contribution in [3.8, 4) is 0 Å². The molecule has 1 saturated carbocycles. The minimum atomic E-state index is 0.0808. The molecule has 33 heavy (non-hydrogen) atoms. The number of thiophene rings is 1. The Labute approximate surface area is 206 Å². The average molecular weight is 498 g/mol. The number of carbonyl (C=O) groups excluding carboxylic acids is 1. The van der Waals surface area contributed by atoms with Gasteiger partial charge in [0.15, 0.2) is 5.16 Å². The summed E-state index contributed by atoms with van der Waals surface area (Å²) in [6.45, 7) is 0.525. The van der Waals surface area contributed by atoms with Crippen molar-refractivity contribution in [2.45, 2.75) is 56.3 Å². The van der Waals surface area contributed by atoms with E-state index in [-0.39, 0.29) is 5.91 Å². The number of nitrogens with zero attached hydrogens (tertiary/aromatic N) is 5. The summed E-state index contributed by atoms with van der Waals surface area (Å²) < 4.78 is 3.48. The molecule has 0 saturated heterocycles. The summed E-state index contributed by atoms with van der Waals surface area (Å²) in [5.74, 6) is 1.45. The quantitative estimate of drug-likeness (QED) is 0.288. The molecule has 6 nitrogen and oxygen atoms in total. The number of benzene rings is 1. The summed E-state index contributed by atoms with van der Waals surface area (Å²) >= 11 is 4.91. The van der Waals surface area contributed by atoms with Crippen LogP contribution in [0.15, 0.2) is 46.9 Å². The second-order valence-corrected chi connectivity index (χ2v) is 11.5. The summed E-state index contributed by atoms with van der Waals surface area (Å²) in [6.07, 6.45) is 6.91. The molecule has 0 atom stereocenters. The Morgan fingerprint density at radius 1 is 1.15 bits per heavy atom. The molecule has 1 aliphatic carbocycles. The van der Waals surface area contributed by atoms with Crippen molar-refractivity contribution < 1.29 is 4.79 Å². The highest BCUT2D eigenvalue weighted by Crippen LogP contribution is 2.33. The molecular formula is C24H27N5OS3. The lowest BCUT2D eigenvalue weighted by atomic mass is 9.95. The molecule has 172 valence electrons. The fourth-order valence-electron chi connectivity index (χ4n) is 4.32. The Hall–Kier alpha value is -2.23. The number of para-hydroxylation sites is 1. The van der Waals surface area contributed by atoms with Gasteiger partial charge in [-0.1, -0.05) is 49.2 Å². The smallest absolute Gasteiger partial charge is 0.233 e. The molecule has 0 bridgehead atoms. The molecule has 0 radical (unpaired) electrons. The molecule has 1 aromatic carbocycles. The second-order valence-electron chi connectivity index (χ2n) is 8.43. The molecule has 0 aliphatic heterocycles. The van der Waals surface area contributed by atoms with Gasteiger partial charge in [-0.2, -0.15) is 0 Å². The van der Waals surface area contributed by atoms with Gasteiger partial charge >= 0.3 is 0 Å². The number of rotatable bonds is 8. The first kappa shape index (κ1) is 22.6. The van der Waals surface area contributed by atoms with E-state index in [1.807, 2.05) is 25.2 Å². The molecule has 1 aliphatic rings. The van der Waals surface area contributed by atoms with Gasteiger partial charge in [-0.3, -0.25) is 4.79 Å². The van der Waals surface area contributed by atoms with Crippen LogP contribution in [-0.4, -0.2) is 43.4 Å². The summed E-state index contributed by atoms with van der Waals surface area (Å²) in [6, 6.07) is 12.8. The Balaban J connectivity index is 1.26. The molecule has 0 spiro atoms. The second kappa shape index (κ2) is 10.4. The predicted octanol–water partition coefficient (Wildman–Crippen LogP) is 5.80. The van der Waals surface area contributed by atoms with E-state index in [1.54, 1.807) is 27.6 Å². The van der Waals surface area contributed by atoms with Gasteiger partial charge in [-0.15, -0.1) is 32.9 Å². The highest BCUT2D eigenvalue weighted by Gasteiger charge is 2.24. The molecule has 3 heterocycles. The van der Waals surface area contributed by atoms with Gasteiger partial charge in [0.1, 0.15) is 10.8 Å². The topological polar surface area (TPSA) is 63.9 Å². The highest BCUT2D eigenvalue weighted by molar-refractivity contribution is 7.99. The number of hydrogen-bond donors (Lipinski definition) is 0. The number of aromatic nitrogens is 4. The van der Waals surface area contributed by atoms with Crippen molar-refractivity contribution >= 4 is 50.6 Å². The standard InChI is InChI=1S/C24H27N5OS3/c1-28(15-22-25-19-11-5-6-12-20(19)33-22)23(30)16-32-24-27-26-21(14-18-10-7-13-31-18)29(24)17-8-3-2-4-9-17/h5-7,10-13,17H,2-4,8-9,14-16H2,1H3. The zero-order valence-corrected chi connectivity index (χ0v) is 21.1. The summed E-state index contributed by atoms with van der Waals surface area (Å²) in [5.41, 5.74) is 0.992. The van der Waals surface area contributed by atoms with E-state index in [0.717, 1.165) is 45.5 Å². The fraction of sp³-hybridized carbons (Fsp3) is 0.417. The van der Waals surface area contributed by atoms with Crippen LogP contribution >= 0.6 is 34.4 Å². The minimum Gasteiger partial charge on any atom is -0.338 e. The van der Waals surface area contributed by atoms with Crippen LogP contribution in [0.5, 0.6) is 0 Å². The molecule has 4 aromatic rings. The van der Waals surface area contributed by atoms with Crippen LogP contribution in [0.1, 0.15) is 53.9 Å². The summed E-state index contributed by atoms with van der Waals surface area (Å²) in [4.78, 5) is 20.6. The fourth-order valence-corrected chi connectivity index (χ4v) is 7.00. The van der Waals surface area contributed by atoms with Crippen molar-refractivity contribution in [1.29, 1.82) is 0 Å². The van der Waals surface area contributed by atoms with Crippen LogP contribution < -0.4 is 0 Å². The first-order chi connectivity index (χ1) is 16.2. The van der Waals surface area contributed by atoms with E-state index in [0.29, 0.717) is 18.3 Å². The molecule has 5 rings (SSSR count). The van der Waals surface area contributed by atoms with Crippen molar-refractivity contribution in [1.82, 2.24) is 24.6 Å². The van der Waals surface area contributed by atoms with E-state index in [1.165, 1.54) is 35.9 Å². The number of amides is 1. The third kappa shape index (κ3) is 5.31. The van der Waals surface area contributed by atoms with Gasteiger partial charge in [0, 0.05) is 24.4 Å². The summed E-state index contributed by atoms with van der Waals surface area (Å²) in [5, 5.41) is 13.0. The van der Waals surface area contributed by atoms with Gasteiger partial charge < -0.3 is 9.47 Å². The lowest BCUT2D eigenvalue weighted by Gasteiger charge is -2.25. The molecule has 1 amide bonds. The van der Waals surface area contributed by atoms with Gasteiger partial charge in [0.25, 0.3) is 0 Å². The maximum Gasteiger partial charge on any atom is 0.233 e. The Kier molecular flexibility index (Phi) is 7.08. The lowest BCUT2D eigenvalue weighted by Crippen LogP contribution is -2.28. The Morgan fingerprint density at radius 2 is 2.00 bits per heavy atom. The van der Waals surface area contributed by atoms with Gasteiger partial charge in [0.2, 0.25) is 5.91 Å². The maximum atomic E-state index is 12.9. The Bertz CT molecular complexity index is 1180. The van der Waals surface area contributed by atoms with E-state index >= 15 is 0 Å². The van der Waals surface area contributed by atoms with Crippen molar-refractivity contribution in [3.63, 3.8) is 0 Å². The predicted molar refractivity (Wildman–Crippen MR) is 136 cm³/mol. The SMILES string of the molecule is CN(Cc1nc2ccccc2s1)C(=O)CSc1nnc(Cc2cccs2)n1C1CCCCC1. The van der Waals surface area contributed by atoms with Gasteiger partial charge in [-0.25, -0.2) is 4.98 Å². The monoisotopic (exact) mass is 497 g/mol. The van der Waals surface area contributed by atoms with E-state index in [4.69, 9.17) is 0 Å². The van der Waals surface area contributed by atoms with Crippen LogP contribution in [0.2, 0.25) is 0 Å². The van der Waals surface area contributed by atoms with E-state index in [2.05, 4.69) is 43.3 Å². The molecule has 3 aromatic heterocycles. The van der Waals surface area contributed by atoms with E-state index in [9.17, 15) is 4.79 Å². The van der Waals surface area contributed by atoms with Gasteiger partial charge in [0.05, 0.1) is 22.5 Å². The van der Waals surface area contributed by atoms with Crippen LogP contribution in [-0.2, 0) is 17.8 Å². The number of thiazole rings is 1. The minimum absolute atomic E-state index is 0.0808. The summed E-state index contributed by atoms with van der Waals surface area (Å²) in [7, 11) is 1.85. The number of carbonyl (C=O) groups is 1. The van der Waals surface area contributed by atoms with Crippen molar-refractivity contribution in [3.05, 3.63) is 57.5 Å². The number of thioether (sulfide) groups is 1. The molecule has 0 unspecified atom stereocenters. The van der Waals surface area contributed by atoms with Crippen LogP contribution in [0.4, 0.5) is 0 Å². The highest BCUT2D eigenvalue weighted by atomic mass is 32.2.